The second kappa shape index (κ2) is 5.96. The van der Waals surface area contributed by atoms with Gasteiger partial charge in [0.1, 0.15) is 0 Å². The van der Waals surface area contributed by atoms with Crippen LogP contribution in [0.1, 0.15) is 29.3 Å². The topological polar surface area (TPSA) is 42.0 Å². The molecule has 1 heterocycles. The summed E-state index contributed by atoms with van der Waals surface area (Å²) in [7, 11) is 0. The molecule has 0 bridgehead atoms. The zero-order chi connectivity index (χ0) is 12.8. The average molecular weight is 240 g/mol. The summed E-state index contributed by atoms with van der Waals surface area (Å²) in [5.41, 5.74) is 2.16. The number of carbonyl (C=O) groups is 1. The van der Waals surface area contributed by atoms with Crippen LogP contribution in [-0.4, -0.2) is 17.3 Å². The number of benzene rings is 1. The fourth-order valence-electron chi connectivity index (χ4n) is 1.73. The van der Waals surface area contributed by atoms with E-state index in [1.165, 1.54) is 0 Å². The fraction of sp³-hybridized carbons (Fsp3) is 0.200. The van der Waals surface area contributed by atoms with E-state index in [1.807, 2.05) is 36.4 Å². The number of aromatic nitrogens is 1. The summed E-state index contributed by atoms with van der Waals surface area (Å²) in [6, 6.07) is 11.1. The van der Waals surface area contributed by atoms with Crippen LogP contribution in [0.25, 0.3) is 0 Å². The second-order valence-electron chi connectivity index (χ2n) is 4.04. The largest absolute Gasteiger partial charge is 0.384 e. The van der Waals surface area contributed by atoms with Crippen molar-refractivity contribution in [2.75, 3.05) is 11.9 Å². The normalized spacial score (nSPS) is 10.1. The maximum absolute atomic E-state index is 12.4. The second-order valence-corrected chi connectivity index (χ2v) is 4.04. The minimum absolute atomic E-state index is 0.00213. The van der Waals surface area contributed by atoms with Gasteiger partial charge in [-0.15, -0.1) is 0 Å². The summed E-state index contributed by atoms with van der Waals surface area (Å²) < 4.78 is 0. The van der Waals surface area contributed by atoms with Crippen LogP contribution < -0.4 is 5.32 Å². The first-order chi connectivity index (χ1) is 8.83. The van der Waals surface area contributed by atoms with Crippen molar-refractivity contribution in [1.82, 2.24) is 4.98 Å². The van der Waals surface area contributed by atoms with Crippen LogP contribution in [0.15, 0.2) is 48.8 Å². The standard InChI is InChI=1S/C15H16N2O/c1-2-9-17-14-8-10-16-11-13(14)15(18)12-6-4-3-5-7-12/h3-8,10-11H,2,9H2,1H3,(H,16,17). The highest BCUT2D eigenvalue weighted by atomic mass is 16.1. The van der Waals surface area contributed by atoms with Crippen molar-refractivity contribution in [2.24, 2.45) is 0 Å². The highest BCUT2D eigenvalue weighted by Gasteiger charge is 2.12. The molecule has 2 rings (SSSR count). The molecule has 0 saturated carbocycles. The monoisotopic (exact) mass is 240 g/mol. The number of hydrogen-bond donors (Lipinski definition) is 1. The Labute approximate surface area is 107 Å². The highest BCUT2D eigenvalue weighted by Crippen LogP contribution is 2.17. The third kappa shape index (κ3) is 2.74. The molecule has 0 aliphatic carbocycles. The lowest BCUT2D eigenvalue weighted by atomic mass is 10.0. The lowest BCUT2D eigenvalue weighted by Crippen LogP contribution is -2.09. The highest BCUT2D eigenvalue weighted by molar-refractivity contribution is 6.12. The van der Waals surface area contributed by atoms with E-state index in [9.17, 15) is 4.79 Å². The summed E-state index contributed by atoms with van der Waals surface area (Å²) in [4.78, 5) is 16.4. The van der Waals surface area contributed by atoms with Crippen molar-refractivity contribution in [3.8, 4) is 0 Å². The zero-order valence-corrected chi connectivity index (χ0v) is 10.4. The molecular formula is C15H16N2O. The van der Waals surface area contributed by atoms with E-state index in [0.29, 0.717) is 11.1 Å². The number of pyridine rings is 1. The van der Waals surface area contributed by atoms with Gasteiger partial charge in [0.05, 0.1) is 5.56 Å². The van der Waals surface area contributed by atoms with Gasteiger partial charge in [0.25, 0.3) is 0 Å². The van der Waals surface area contributed by atoms with Gasteiger partial charge < -0.3 is 5.32 Å². The molecule has 3 heteroatoms. The third-order valence-electron chi connectivity index (χ3n) is 2.67. The molecule has 0 spiro atoms. The van der Waals surface area contributed by atoms with Crippen LogP contribution in [-0.2, 0) is 0 Å². The molecule has 18 heavy (non-hydrogen) atoms. The molecule has 1 N–H and O–H groups in total. The molecule has 3 nitrogen and oxygen atoms in total. The first-order valence-corrected chi connectivity index (χ1v) is 6.10. The zero-order valence-electron chi connectivity index (χ0n) is 10.4. The SMILES string of the molecule is CCCNc1ccncc1C(=O)c1ccccc1. The van der Waals surface area contributed by atoms with E-state index in [1.54, 1.807) is 12.4 Å². The minimum Gasteiger partial charge on any atom is -0.384 e. The average Bonchev–Trinajstić information content (AvgIpc) is 2.45. The van der Waals surface area contributed by atoms with Crippen LogP contribution in [0.5, 0.6) is 0 Å². The van der Waals surface area contributed by atoms with Crippen molar-refractivity contribution in [2.45, 2.75) is 13.3 Å². The summed E-state index contributed by atoms with van der Waals surface area (Å²) in [5, 5.41) is 3.25. The molecule has 1 aromatic heterocycles. The number of ketones is 1. The van der Waals surface area contributed by atoms with Crippen LogP contribution >= 0.6 is 0 Å². The predicted molar refractivity (Wildman–Crippen MR) is 72.9 cm³/mol. The van der Waals surface area contributed by atoms with Crippen molar-refractivity contribution < 1.29 is 4.79 Å². The quantitative estimate of drug-likeness (QED) is 0.816. The molecule has 0 amide bonds. The Hall–Kier alpha value is -2.16. The van der Waals surface area contributed by atoms with Crippen molar-refractivity contribution in [3.63, 3.8) is 0 Å². The Morgan fingerprint density at radius 3 is 2.72 bits per heavy atom. The van der Waals surface area contributed by atoms with Crippen molar-refractivity contribution >= 4 is 11.5 Å². The molecule has 1 aromatic carbocycles. The molecule has 0 atom stereocenters. The van der Waals surface area contributed by atoms with E-state index >= 15 is 0 Å². The smallest absolute Gasteiger partial charge is 0.196 e. The van der Waals surface area contributed by atoms with Gasteiger partial charge in [0.15, 0.2) is 5.78 Å². The van der Waals surface area contributed by atoms with Crippen LogP contribution in [0, 0.1) is 0 Å². The maximum Gasteiger partial charge on any atom is 0.196 e. The van der Waals surface area contributed by atoms with E-state index in [0.717, 1.165) is 18.7 Å². The van der Waals surface area contributed by atoms with Gasteiger partial charge in [-0.05, 0) is 12.5 Å². The fourth-order valence-corrected chi connectivity index (χ4v) is 1.73. The molecule has 92 valence electrons. The number of nitrogens with one attached hydrogen (secondary N) is 1. The molecule has 0 aliphatic rings. The summed E-state index contributed by atoms with van der Waals surface area (Å²) in [5.74, 6) is 0.00213. The third-order valence-corrected chi connectivity index (χ3v) is 2.67. The summed E-state index contributed by atoms with van der Waals surface area (Å²) in [6.07, 6.45) is 4.33. The number of hydrogen-bond acceptors (Lipinski definition) is 3. The molecule has 0 unspecified atom stereocenters. The van der Waals surface area contributed by atoms with E-state index < -0.39 is 0 Å². The van der Waals surface area contributed by atoms with E-state index in [4.69, 9.17) is 0 Å². The number of anilines is 1. The maximum atomic E-state index is 12.4. The Balaban J connectivity index is 2.30. The lowest BCUT2D eigenvalue weighted by Gasteiger charge is -2.09. The molecule has 0 aliphatic heterocycles. The Bertz CT molecular complexity index is 523. The van der Waals surface area contributed by atoms with Gasteiger partial charge in [0, 0.05) is 30.2 Å². The first kappa shape index (κ1) is 12.3. The van der Waals surface area contributed by atoms with Gasteiger partial charge >= 0.3 is 0 Å². The molecule has 0 fully saturated rings. The van der Waals surface area contributed by atoms with Gasteiger partial charge in [-0.25, -0.2) is 0 Å². The molecular weight excluding hydrogens is 224 g/mol. The number of rotatable bonds is 5. The Kier molecular flexibility index (Phi) is 4.07. The van der Waals surface area contributed by atoms with Gasteiger partial charge in [-0.3, -0.25) is 9.78 Å². The molecule has 0 radical (unpaired) electrons. The van der Waals surface area contributed by atoms with Crippen molar-refractivity contribution in [1.29, 1.82) is 0 Å². The molecule has 2 aromatic rings. The predicted octanol–water partition coefficient (Wildman–Crippen LogP) is 3.13. The Morgan fingerprint density at radius 1 is 1.22 bits per heavy atom. The number of carbonyl (C=O) groups excluding carboxylic acids is 1. The van der Waals surface area contributed by atoms with Crippen LogP contribution in [0.2, 0.25) is 0 Å². The van der Waals surface area contributed by atoms with E-state index in [-0.39, 0.29) is 5.78 Å². The lowest BCUT2D eigenvalue weighted by molar-refractivity contribution is 0.103. The number of nitrogens with zero attached hydrogens (tertiary/aromatic N) is 1. The van der Waals surface area contributed by atoms with E-state index in [2.05, 4.69) is 17.2 Å². The summed E-state index contributed by atoms with van der Waals surface area (Å²) >= 11 is 0. The molecule has 0 saturated heterocycles. The Morgan fingerprint density at radius 2 is 2.00 bits per heavy atom. The van der Waals surface area contributed by atoms with Crippen molar-refractivity contribution in [3.05, 3.63) is 59.9 Å². The first-order valence-electron chi connectivity index (χ1n) is 6.10. The van der Waals surface area contributed by atoms with Gasteiger partial charge in [0.2, 0.25) is 0 Å². The van der Waals surface area contributed by atoms with Crippen LogP contribution in [0.4, 0.5) is 5.69 Å². The minimum atomic E-state index is 0.00213. The summed E-state index contributed by atoms with van der Waals surface area (Å²) in [6.45, 7) is 2.94. The van der Waals surface area contributed by atoms with Crippen LogP contribution in [0.3, 0.4) is 0 Å². The van der Waals surface area contributed by atoms with Gasteiger partial charge in [-0.2, -0.15) is 0 Å². The van der Waals surface area contributed by atoms with Gasteiger partial charge in [-0.1, -0.05) is 37.3 Å².